The molecule has 200 valence electrons. The van der Waals surface area contributed by atoms with Crippen LogP contribution in [0.3, 0.4) is 0 Å². The number of alkyl carbamates (subject to hydrolysis) is 1. The number of nitrogens with zero attached hydrogens (tertiary/aromatic N) is 1. The molecule has 0 saturated carbocycles. The van der Waals surface area contributed by atoms with Crippen molar-refractivity contribution in [2.24, 2.45) is 0 Å². The van der Waals surface area contributed by atoms with Gasteiger partial charge in [-0.3, -0.25) is 20.4 Å². The van der Waals surface area contributed by atoms with E-state index in [1.54, 1.807) is 18.2 Å². The Morgan fingerprint density at radius 2 is 1.69 bits per heavy atom. The van der Waals surface area contributed by atoms with Gasteiger partial charge in [-0.1, -0.05) is 48.5 Å². The van der Waals surface area contributed by atoms with E-state index in [0.29, 0.717) is 21.3 Å². The van der Waals surface area contributed by atoms with E-state index >= 15 is 0 Å². The number of hydrogen-bond acceptors (Lipinski definition) is 6. The van der Waals surface area contributed by atoms with E-state index in [-0.39, 0.29) is 6.54 Å². The van der Waals surface area contributed by atoms with Gasteiger partial charge < -0.3 is 14.8 Å². The van der Waals surface area contributed by atoms with Crippen molar-refractivity contribution in [2.45, 2.75) is 19.3 Å². The third kappa shape index (κ3) is 7.74. The SMILES string of the molecule is CC(NC(=O)OC(CNC(=O)c1cncc(Br)c1)c1ccc(F)cc1)OC(=O)Nc1cccc2ccccc12. The average Bonchev–Trinajstić information content (AvgIpc) is 2.91. The predicted octanol–water partition coefficient (Wildman–Crippen LogP) is 5.93. The summed E-state index contributed by atoms with van der Waals surface area (Å²) in [5.74, 6) is -0.910. The number of benzene rings is 3. The van der Waals surface area contributed by atoms with Crippen molar-refractivity contribution in [3.05, 3.63) is 107 Å². The first-order valence-electron chi connectivity index (χ1n) is 11.9. The Balaban J connectivity index is 1.35. The molecule has 0 aliphatic heterocycles. The van der Waals surface area contributed by atoms with Crippen LogP contribution in [0.25, 0.3) is 10.8 Å². The van der Waals surface area contributed by atoms with Crippen LogP contribution in [0.15, 0.2) is 89.7 Å². The lowest BCUT2D eigenvalue weighted by molar-refractivity contribution is 0.0619. The molecule has 4 rings (SSSR count). The van der Waals surface area contributed by atoms with Gasteiger partial charge in [0.1, 0.15) is 11.9 Å². The minimum absolute atomic E-state index is 0.110. The number of aromatic nitrogens is 1. The smallest absolute Gasteiger partial charge is 0.413 e. The van der Waals surface area contributed by atoms with Gasteiger partial charge in [0, 0.05) is 22.3 Å². The number of hydrogen-bond donors (Lipinski definition) is 3. The second-order valence-electron chi connectivity index (χ2n) is 8.39. The number of rotatable bonds is 8. The van der Waals surface area contributed by atoms with E-state index in [4.69, 9.17) is 9.47 Å². The maximum absolute atomic E-state index is 13.5. The number of carbonyl (C=O) groups is 3. The zero-order valence-corrected chi connectivity index (χ0v) is 22.3. The van der Waals surface area contributed by atoms with Gasteiger partial charge in [-0.15, -0.1) is 0 Å². The van der Waals surface area contributed by atoms with Crippen molar-refractivity contribution in [2.75, 3.05) is 11.9 Å². The number of pyridine rings is 1. The number of halogens is 2. The summed E-state index contributed by atoms with van der Waals surface area (Å²) >= 11 is 3.26. The number of amides is 3. The molecule has 0 saturated heterocycles. The molecule has 2 atom stereocenters. The van der Waals surface area contributed by atoms with Gasteiger partial charge in [-0.2, -0.15) is 0 Å². The van der Waals surface area contributed by atoms with Gasteiger partial charge in [-0.25, -0.2) is 14.0 Å². The Hall–Kier alpha value is -4.51. The zero-order chi connectivity index (χ0) is 27.8. The highest BCUT2D eigenvalue weighted by atomic mass is 79.9. The molecule has 3 amide bonds. The van der Waals surface area contributed by atoms with Gasteiger partial charge in [0.15, 0.2) is 6.23 Å². The molecule has 11 heteroatoms. The van der Waals surface area contributed by atoms with Crippen LogP contribution < -0.4 is 16.0 Å². The van der Waals surface area contributed by atoms with Gasteiger partial charge >= 0.3 is 12.2 Å². The Bertz CT molecular complexity index is 1480. The average molecular weight is 595 g/mol. The van der Waals surface area contributed by atoms with Crippen LogP contribution in [0.1, 0.15) is 28.9 Å². The number of nitrogens with one attached hydrogen (secondary N) is 3. The second-order valence-corrected chi connectivity index (χ2v) is 9.31. The third-order valence-corrected chi connectivity index (χ3v) is 5.97. The number of anilines is 1. The lowest BCUT2D eigenvalue weighted by atomic mass is 10.1. The fourth-order valence-electron chi connectivity index (χ4n) is 3.72. The summed E-state index contributed by atoms with van der Waals surface area (Å²) in [6.45, 7) is 1.35. The van der Waals surface area contributed by atoms with Crippen molar-refractivity contribution in [1.29, 1.82) is 0 Å². The summed E-state index contributed by atoms with van der Waals surface area (Å²) in [4.78, 5) is 41.6. The van der Waals surface area contributed by atoms with Gasteiger partial charge in [0.2, 0.25) is 0 Å². The molecule has 0 aliphatic rings. The Kier molecular flexibility index (Phi) is 9.06. The molecule has 3 N–H and O–H groups in total. The summed E-state index contributed by atoms with van der Waals surface area (Å²) < 4.78 is 24.8. The lowest BCUT2D eigenvalue weighted by Gasteiger charge is -2.21. The van der Waals surface area contributed by atoms with Crippen LogP contribution in [0.4, 0.5) is 19.7 Å². The summed E-state index contributed by atoms with van der Waals surface area (Å²) in [7, 11) is 0. The van der Waals surface area contributed by atoms with Crippen LogP contribution in [-0.2, 0) is 9.47 Å². The van der Waals surface area contributed by atoms with E-state index in [0.717, 1.165) is 10.8 Å². The van der Waals surface area contributed by atoms with Crippen molar-refractivity contribution in [1.82, 2.24) is 15.6 Å². The molecule has 4 aromatic rings. The molecule has 0 aliphatic carbocycles. The fraction of sp³-hybridized carbons (Fsp3) is 0.143. The third-order valence-electron chi connectivity index (χ3n) is 5.54. The quantitative estimate of drug-likeness (QED) is 0.218. The predicted molar refractivity (Wildman–Crippen MR) is 147 cm³/mol. The topological polar surface area (TPSA) is 119 Å². The second kappa shape index (κ2) is 12.8. The summed E-state index contributed by atoms with van der Waals surface area (Å²) in [6.07, 6.45) is -0.771. The normalized spacial score (nSPS) is 12.2. The first-order valence-corrected chi connectivity index (χ1v) is 12.6. The molecule has 9 nitrogen and oxygen atoms in total. The monoisotopic (exact) mass is 594 g/mol. The number of fused-ring (bicyclic) bond motifs is 1. The van der Waals surface area contributed by atoms with Crippen molar-refractivity contribution >= 4 is 50.5 Å². The summed E-state index contributed by atoms with van der Waals surface area (Å²) in [5, 5.41) is 9.55. The Morgan fingerprint density at radius 1 is 0.949 bits per heavy atom. The van der Waals surface area contributed by atoms with Crippen LogP contribution in [0.5, 0.6) is 0 Å². The zero-order valence-electron chi connectivity index (χ0n) is 20.7. The minimum atomic E-state index is -1.05. The molecular formula is C28H24BrFN4O5. The van der Waals surface area contributed by atoms with E-state index in [9.17, 15) is 18.8 Å². The lowest BCUT2D eigenvalue weighted by Crippen LogP contribution is -2.39. The molecule has 0 spiro atoms. The highest BCUT2D eigenvalue weighted by molar-refractivity contribution is 9.10. The van der Waals surface area contributed by atoms with Gasteiger partial charge in [0.05, 0.1) is 17.8 Å². The maximum Gasteiger partial charge on any atom is 0.413 e. The summed E-state index contributed by atoms with van der Waals surface area (Å²) in [6, 6.07) is 19.9. The molecular weight excluding hydrogens is 571 g/mol. The molecule has 0 fully saturated rings. The fourth-order valence-corrected chi connectivity index (χ4v) is 4.09. The van der Waals surface area contributed by atoms with Gasteiger partial charge in [-0.05, 0) is 58.1 Å². The van der Waals surface area contributed by atoms with Crippen molar-refractivity contribution in [3.63, 3.8) is 0 Å². The summed E-state index contributed by atoms with van der Waals surface area (Å²) in [5.41, 5.74) is 1.30. The Morgan fingerprint density at radius 3 is 2.46 bits per heavy atom. The highest BCUT2D eigenvalue weighted by Crippen LogP contribution is 2.23. The van der Waals surface area contributed by atoms with E-state index < -0.39 is 36.2 Å². The molecule has 1 heterocycles. The van der Waals surface area contributed by atoms with Crippen LogP contribution >= 0.6 is 15.9 Å². The van der Waals surface area contributed by atoms with Crippen molar-refractivity contribution in [3.8, 4) is 0 Å². The van der Waals surface area contributed by atoms with E-state index in [1.807, 2.05) is 30.3 Å². The maximum atomic E-state index is 13.5. The van der Waals surface area contributed by atoms with Crippen LogP contribution in [0.2, 0.25) is 0 Å². The van der Waals surface area contributed by atoms with E-state index in [1.165, 1.54) is 43.6 Å². The van der Waals surface area contributed by atoms with Crippen molar-refractivity contribution < 1.29 is 28.2 Å². The van der Waals surface area contributed by atoms with Gasteiger partial charge in [0.25, 0.3) is 5.91 Å². The number of carbonyl (C=O) groups excluding carboxylic acids is 3. The molecule has 0 bridgehead atoms. The molecule has 3 aromatic carbocycles. The molecule has 0 radical (unpaired) electrons. The minimum Gasteiger partial charge on any atom is -0.439 e. The van der Waals surface area contributed by atoms with Crippen LogP contribution in [-0.4, -0.2) is 35.9 Å². The first kappa shape index (κ1) is 27.5. The van der Waals surface area contributed by atoms with Crippen LogP contribution in [0, 0.1) is 5.82 Å². The van der Waals surface area contributed by atoms with E-state index in [2.05, 4.69) is 36.9 Å². The Labute approximate surface area is 231 Å². The highest BCUT2D eigenvalue weighted by Gasteiger charge is 2.21. The standard InChI is InChI=1S/C28H24BrFN4O5/c1-17(38-28(37)34-24-8-4-6-18-5-2-3-7-23(18)24)33-27(36)39-25(19-9-11-22(30)12-10-19)16-32-26(35)20-13-21(29)15-31-14-20/h2-15,17,25H,16H2,1H3,(H,32,35)(H,33,36)(H,34,37). The first-order chi connectivity index (χ1) is 18.8. The molecule has 2 unspecified atom stereocenters. The molecule has 1 aromatic heterocycles. The number of ether oxygens (including phenoxy) is 2. The molecule has 39 heavy (non-hydrogen) atoms. The largest absolute Gasteiger partial charge is 0.439 e.